The lowest BCUT2D eigenvalue weighted by molar-refractivity contribution is -0.147. The SMILES string of the molecule is CCC1(C(=O)NC(CC(=O)O)C(=O)CF)C=C(c2cccc(C(C)(C)C)c2)NO1. The first-order chi connectivity index (χ1) is 13.5. The summed E-state index contributed by atoms with van der Waals surface area (Å²) in [6.45, 7) is 6.63. The molecule has 2 unspecified atom stereocenters. The molecule has 0 spiro atoms. The first-order valence-corrected chi connectivity index (χ1v) is 9.41. The van der Waals surface area contributed by atoms with E-state index in [0.29, 0.717) is 5.70 Å². The van der Waals surface area contributed by atoms with Gasteiger partial charge in [0, 0.05) is 0 Å². The van der Waals surface area contributed by atoms with Crippen LogP contribution < -0.4 is 10.8 Å². The summed E-state index contributed by atoms with van der Waals surface area (Å²) in [6, 6.07) is 6.33. The maximum absolute atomic E-state index is 12.8. The van der Waals surface area contributed by atoms with Crippen LogP contribution in [0.2, 0.25) is 0 Å². The lowest BCUT2D eigenvalue weighted by Crippen LogP contribution is -2.53. The van der Waals surface area contributed by atoms with E-state index >= 15 is 0 Å². The van der Waals surface area contributed by atoms with Crippen molar-refractivity contribution in [3.8, 4) is 0 Å². The van der Waals surface area contributed by atoms with Crippen LogP contribution in [0, 0.1) is 0 Å². The van der Waals surface area contributed by atoms with E-state index in [1.807, 2.05) is 24.3 Å². The molecule has 158 valence electrons. The molecular formula is C21H27FN2O5. The highest BCUT2D eigenvalue weighted by atomic mass is 19.1. The predicted molar refractivity (Wildman–Crippen MR) is 106 cm³/mol. The molecule has 1 amide bonds. The molecule has 0 aliphatic carbocycles. The van der Waals surface area contributed by atoms with Crippen molar-refractivity contribution in [1.82, 2.24) is 10.8 Å². The van der Waals surface area contributed by atoms with Gasteiger partial charge in [0.05, 0.1) is 12.1 Å². The molecule has 1 aliphatic rings. The number of aliphatic carboxylic acids is 1. The quantitative estimate of drug-likeness (QED) is 0.613. The second-order valence-electron chi connectivity index (χ2n) is 8.06. The van der Waals surface area contributed by atoms with Gasteiger partial charge in [0.25, 0.3) is 5.91 Å². The monoisotopic (exact) mass is 406 g/mol. The number of halogens is 1. The number of Topliss-reactive ketones (excluding diaryl/α,β-unsaturated/α-hetero) is 1. The number of carboxylic acids is 1. The third-order valence-electron chi connectivity index (χ3n) is 4.87. The third kappa shape index (κ3) is 5.20. The molecule has 0 aromatic heterocycles. The van der Waals surface area contributed by atoms with Crippen molar-refractivity contribution >= 4 is 23.4 Å². The van der Waals surface area contributed by atoms with Gasteiger partial charge in [0.2, 0.25) is 0 Å². The van der Waals surface area contributed by atoms with E-state index in [0.717, 1.165) is 11.1 Å². The van der Waals surface area contributed by atoms with Crippen LogP contribution in [0.15, 0.2) is 30.3 Å². The van der Waals surface area contributed by atoms with E-state index in [1.165, 1.54) is 0 Å². The molecule has 0 saturated carbocycles. The van der Waals surface area contributed by atoms with Crippen molar-refractivity contribution in [3.05, 3.63) is 41.5 Å². The van der Waals surface area contributed by atoms with Crippen LogP contribution in [0.25, 0.3) is 5.70 Å². The van der Waals surface area contributed by atoms with Gasteiger partial charge in [-0.1, -0.05) is 45.9 Å². The van der Waals surface area contributed by atoms with Crippen molar-refractivity contribution in [1.29, 1.82) is 0 Å². The van der Waals surface area contributed by atoms with Crippen molar-refractivity contribution in [3.63, 3.8) is 0 Å². The highest BCUT2D eigenvalue weighted by Crippen LogP contribution is 2.31. The van der Waals surface area contributed by atoms with Crippen LogP contribution in [-0.2, 0) is 24.6 Å². The number of nitrogens with one attached hydrogen (secondary N) is 2. The number of alkyl halides is 1. The number of hydrogen-bond donors (Lipinski definition) is 3. The standard InChI is InChI=1S/C21H27FN2O5/c1-5-21(19(28)23-15(10-18(26)27)17(25)12-22)11-16(24-29-21)13-7-6-8-14(9-13)20(2,3)4/h6-9,11,15,24H,5,10,12H2,1-4H3,(H,23,28)(H,26,27). The summed E-state index contributed by atoms with van der Waals surface area (Å²) in [7, 11) is 0. The summed E-state index contributed by atoms with van der Waals surface area (Å²) < 4.78 is 12.8. The first-order valence-electron chi connectivity index (χ1n) is 9.41. The lowest BCUT2D eigenvalue weighted by atomic mass is 9.85. The zero-order valence-electron chi connectivity index (χ0n) is 17.0. The van der Waals surface area contributed by atoms with Gasteiger partial charge in [0.1, 0.15) is 12.7 Å². The number of hydroxylamine groups is 1. The van der Waals surface area contributed by atoms with Crippen LogP contribution in [-0.4, -0.2) is 41.1 Å². The van der Waals surface area contributed by atoms with E-state index in [9.17, 15) is 18.8 Å². The molecule has 1 aromatic rings. The average molecular weight is 406 g/mol. The van der Waals surface area contributed by atoms with Gasteiger partial charge in [-0.2, -0.15) is 0 Å². The molecule has 0 saturated heterocycles. The molecule has 3 N–H and O–H groups in total. The molecule has 1 aromatic carbocycles. The van der Waals surface area contributed by atoms with Gasteiger partial charge >= 0.3 is 5.97 Å². The molecule has 29 heavy (non-hydrogen) atoms. The fraction of sp³-hybridized carbons (Fsp3) is 0.476. The summed E-state index contributed by atoms with van der Waals surface area (Å²) in [6.07, 6.45) is 1.12. The predicted octanol–water partition coefficient (Wildman–Crippen LogP) is 2.51. The second-order valence-corrected chi connectivity index (χ2v) is 8.06. The molecule has 8 heteroatoms. The summed E-state index contributed by atoms with van der Waals surface area (Å²) in [4.78, 5) is 41.0. The largest absolute Gasteiger partial charge is 0.481 e. The fourth-order valence-electron chi connectivity index (χ4n) is 2.97. The number of hydrogen-bond acceptors (Lipinski definition) is 5. The Balaban J connectivity index is 2.29. The summed E-state index contributed by atoms with van der Waals surface area (Å²) in [5.74, 6) is -3.02. The molecule has 1 heterocycles. The number of carbonyl (C=O) groups is 3. The van der Waals surface area contributed by atoms with Gasteiger partial charge < -0.3 is 10.4 Å². The molecule has 2 atom stereocenters. The Morgan fingerprint density at radius 3 is 2.55 bits per heavy atom. The second kappa shape index (κ2) is 8.73. The zero-order chi connectivity index (χ0) is 21.8. The van der Waals surface area contributed by atoms with Crippen molar-refractivity contribution in [2.24, 2.45) is 0 Å². The average Bonchev–Trinajstić information content (AvgIpc) is 3.12. The minimum absolute atomic E-state index is 0.0635. The highest BCUT2D eigenvalue weighted by Gasteiger charge is 2.43. The molecule has 0 bridgehead atoms. The van der Waals surface area contributed by atoms with Crippen molar-refractivity contribution in [2.45, 2.75) is 57.6 Å². The van der Waals surface area contributed by atoms with E-state index in [4.69, 9.17) is 9.94 Å². The minimum atomic E-state index is -1.46. The molecule has 1 aliphatic heterocycles. The number of rotatable bonds is 8. The Kier molecular flexibility index (Phi) is 6.79. The summed E-state index contributed by atoms with van der Waals surface area (Å²) in [5, 5.41) is 11.3. The zero-order valence-corrected chi connectivity index (χ0v) is 17.0. The number of amides is 1. The topological polar surface area (TPSA) is 105 Å². The Morgan fingerprint density at radius 2 is 2.00 bits per heavy atom. The number of benzene rings is 1. The maximum atomic E-state index is 12.8. The molecule has 2 rings (SSSR count). The Bertz CT molecular complexity index is 831. The van der Waals surface area contributed by atoms with Crippen molar-refractivity contribution in [2.75, 3.05) is 6.67 Å². The maximum Gasteiger partial charge on any atom is 0.305 e. The Labute approximate surface area is 169 Å². The van der Waals surface area contributed by atoms with Gasteiger partial charge in [-0.05, 0) is 35.1 Å². The third-order valence-corrected chi connectivity index (χ3v) is 4.87. The molecule has 0 radical (unpaired) electrons. The highest BCUT2D eigenvalue weighted by molar-refractivity contribution is 5.97. The van der Waals surface area contributed by atoms with Crippen LogP contribution >= 0.6 is 0 Å². The van der Waals surface area contributed by atoms with E-state index in [-0.39, 0.29) is 11.8 Å². The van der Waals surface area contributed by atoms with E-state index in [1.54, 1.807) is 13.0 Å². The summed E-state index contributed by atoms with van der Waals surface area (Å²) in [5.41, 5.74) is 3.76. The molecule has 0 fully saturated rings. The van der Waals surface area contributed by atoms with Crippen LogP contribution in [0.5, 0.6) is 0 Å². The van der Waals surface area contributed by atoms with Gasteiger partial charge in [-0.15, -0.1) is 0 Å². The first kappa shape index (κ1) is 22.5. The van der Waals surface area contributed by atoms with Crippen molar-refractivity contribution < 1.29 is 28.7 Å². The van der Waals surface area contributed by atoms with E-state index < -0.39 is 42.4 Å². The number of carboxylic acid groups (broad SMARTS) is 1. The van der Waals surface area contributed by atoms with Crippen LogP contribution in [0.4, 0.5) is 4.39 Å². The van der Waals surface area contributed by atoms with E-state index in [2.05, 4.69) is 31.6 Å². The van der Waals surface area contributed by atoms with Gasteiger partial charge in [-0.25, -0.2) is 4.39 Å². The minimum Gasteiger partial charge on any atom is -0.481 e. The Hall–Kier alpha value is -2.74. The Morgan fingerprint density at radius 1 is 1.31 bits per heavy atom. The van der Waals surface area contributed by atoms with Crippen LogP contribution in [0.1, 0.15) is 51.7 Å². The smallest absolute Gasteiger partial charge is 0.305 e. The van der Waals surface area contributed by atoms with Crippen LogP contribution in [0.3, 0.4) is 0 Å². The molecule has 7 nitrogen and oxygen atoms in total. The van der Waals surface area contributed by atoms with Gasteiger partial charge in [0.15, 0.2) is 11.4 Å². The number of ketones is 1. The van der Waals surface area contributed by atoms with Gasteiger partial charge in [-0.3, -0.25) is 24.7 Å². The summed E-state index contributed by atoms with van der Waals surface area (Å²) >= 11 is 0. The number of carbonyl (C=O) groups excluding carboxylic acids is 2. The lowest BCUT2D eigenvalue weighted by Gasteiger charge is -2.25. The fourth-order valence-corrected chi connectivity index (χ4v) is 2.97. The normalized spacial score (nSPS) is 19.8. The molecular weight excluding hydrogens is 379 g/mol.